The van der Waals surface area contributed by atoms with Crippen LogP contribution >= 0.6 is 27.5 Å². The summed E-state index contributed by atoms with van der Waals surface area (Å²) in [6.07, 6.45) is 0. The molecule has 1 aromatic rings. The summed E-state index contributed by atoms with van der Waals surface area (Å²) in [6, 6.07) is 4.81. The molecule has 0 amide bonds. The van der Waals surface area contributed by atoms with Crippen molar-refractivity contribution in [3.8, 4) is 0 Å². The van der Waals surface area contributed by atoms with Gasteiger partial charge in [-0.05, 0) is 12.1 Å². The molecule has 4 heteroatoms. The predicted octanol–water partition coefficient (Wildman–Crippen LogP) is 3.80. The van der Waals surface area contributed by atoms with Gasteiger partial charge in [-0.25, -0.2) is 4.39 Å². The Labute approximate surface area is 89.7 Å². The molecule has 0 aliphatic rings. The zero-order valence-electron chi connectivity index (χ0n) is 6.78. The third-order valence-corrected chi connectivity index (χ3v) is 1.99. The van der Waals surface area contributed by atoms with Crippen molar-refractivity contribution in [2.24, 2.45) is 0 Å². The Balaban J connectivity index is 2.77. The van der Waals surface area contributed by atoms with Crippen LogP contribution in [0.3, 0.4) is 0 Å². The van der Waals surface area contributed by atoms with Crippen molar-refractivity contribution in [3.05, 3.63) is 40.1 Å². The maximum atomic E-state index is 13.2. The van der Waals surface area contributed by atoms with Crippen molar-refractivity contribution in [2.75, 3.05) is 11.9 Å². The lowest BCUT2D eigenvalue weighted by Gasteiger charge is -2.06. The van der Waals surface area contributed by atoms with Crippen molar-refractivity contribution in [1.29, 1.82) is 0 Å². The average molecular weight is 265 g/mol. The van der Waals surface area contributed by atoms with E-state index < -0.39 is 5.82 Å². The zero-order valence-corrected chi connectivity index (χ0v) is 9.12. The minimum absolute atomic E-state index is 0.116. The molecule has 0 aromatic heterocycles. The molecule has 0 spiro atoms. The molecular weight excluding hydrogens is 256 g/mol. The van der Waals surface area contributed by atoms with Crippen LogP contribution in [0.15, 0.2) is 29.3 Å². The molecule has 0 aliphatic carbocycles. The molecular formula is C9H8BrClFN. The number of rotatable bonds is 3. The second-order valence-electron chi connectivity index (χ2n) is 2.47. The van der Waals surface area contributed by atoms with Gasteiger partial charge >= 0.3 is 0 Å². The molecule has 0 radical (unpaired) electrons. The Morgan fingerprint density at radius 3 is 2.92 bits per heavy atom. The largest absolute Gasteiger partial charge is 0.378 e. The molecule has 1 nitrogen and oxygen atoms in total. The summed E-state index contributed by atoms with van der Waals surface area (Å²) in [5.41, 5.74) is 0.383. The van der Waals surface area contributed by atoms with Crippen LogP contribution in [0.25, 0.3) is 0 Å². The molecule has 13 heavy (non-hydrogen) atoms. The minimum atomic E-state index is -0.432. The quantitative estimate of drug-likeness (QED) is 0.875. The smallest absolute Gasteiger partial charge is 0.164 e. The fourth-order valence-electron chi connectivity index (χ4n) is 0.831. The van der Waals surface area contributed by atoms with Crippen molar-refractivity contribution in [1.82, 2.24) is 0 Å². The van der Waals surface area contributed by atoms with E-state index in [1.165, 1.54) is 6.07 Å². The summed E-state index contributed by atoms with van der Waals surface area (Å²) in [4.78, 5) is 0. The molecule has 0 unspecified atom stereocenters. The van der Waals surface area contributed by atoms with Gasteiger partial charge in [-0.1, -0.05) is 40.2 Å². The summed E-state index contributed by atoms with van der Waals surface area (Å²) >= 11 is 8.74. The van der Waals surface area contributed by atoms with E-state index in [2.05, 4.69) is 27.8 Å². The molecule has 1 aromatic carbocycles. The molecule has 0 heterocycles. The summed E-state index contributed by atoms with van der Waals surface area (Å²) < 4.78 is 14.0. The van der Waals surface area contributed by atoms with Crippen LogP contribution < -0.4 is 5.32 Å². The second kappa shape index (κ2) is 4.63. The van der Waals surface area contributed by atoms with E-state index in [1.807, 2.05) is 0 Å². The van der Waals surface area contributed by atoms with Crippen molar-refractivity contribution >= 4 is 33.2 Å². The maximum Gasteiger partial charge on any atom is 0.164 e. The number of hydrogen-bond donors (Lipinski definition) is 1. The van der Waals surface area contributed by atoms with Gasteiger partial charge in [0.05, 0.1) is 10.7 Å². The predicted molar refractivity (Wildman–Crippen MR) is 58.0 cm³/mol. The molecule has 0 fully saturated rings. The molecule has 70 valence electrons. The molecule has 0 atom stereocenters. The third-order valence-electron chi connectivity index (χ3n) is 1.42. The summed E-state index contributed by atoms with van der Waals surface area (Å²) in [7, 11) is 0. The lowest BCUT2D eigenvalue weighted by atomic mass is 10.3. The van der Waals surface area contributed by atoms with Gasteiger partial charge in [0.2, 0.25) is 0 Å². The number of anilines is 1. The summed E-state index contributed by atoms with van der Waals surface area (Å²) in [5.74, 6) is -0.432. The monoisotopic (exact) mass is 263 g/mol. The summed E-state index contributed by atoms with van der Waals surface area (Å²) in [5, 5.41) is 2.96. The highest BCUT2D eigenvalue weighted by atomic mass is 79.9. The maximum absolute atomic E-state index is 13.2. The third kappa shape index (κ3) is 3.01. The highest BCUT2D eigenvalue weighted by Crippen LogP contribution is 2.22. The second-order valence-corrected chi connectivity index (χ2v) is 4.00. The number of halogens is 3. The van der Waals surface area contributed by atoms with Crippen LogP contribution in [0, 0.1) is 5.82 Å². The first-order valence-electron chi connectivity index (χ1n) is 3.62. The summed E-state index contributed by atoms with van der Waals surface area (Å²) in [6.45, 7) is 4.09. The van der Waals surface area contributed by atoms with E-state index in [1.54, 1.807) is 12.1 Å². The number of hydrogen-bond acceptors (Lipinski definition) is 1. The lowest BCUT2D eigenvalue weighted by molar-refractivity contribution is 0.631. The van der Waals surface area contributed by atoms with E-state index in [4.69, 9.17) is 11.6 Å². The number of nitrogens with one attached hydrogen (secondary N) is 1. The molecule has 0 bridgehead atoms. The standard InChI is InChI=1S/C9H8BrClFN/c1-6(10)5-13-8-4-2-3-7(11)9(8)12/h2-4,13H,1,5H2. The van der Waals surface area contributed by atoms with Gasteiger partial charge in [-0.2, -0.15) is 0 Å². The van der Waals surface area contributed by atoms with Gasteiger partial charge in [-0.3, -0.25) is 0 Å². The Morgan fingerprint density at radius 2 is 2.31 bits per heavy atom. The Bertz CT molecular complexity index is 327. The van der Waals surface area contributed by atoms with E-state index in [0.717, 1.165) is 4.48 Å². The molecule has 0 aliphatic heterocycles. The first kappa shape index (κ1) is 10.5. The van der Waals surface area contributed by atoms with Gasteiger partial charge in [0.25, 0.3) is 0 Å². The van der Waals surface area contributed by atoms with E-state index >= 15 is 0 Å². The van der Waals surface area contributed by atoms with Crippen LogP contribution in [-0.4, -0.2) is 6.54 Å². The molecule has 0 saturated heterocycles. The first-order valence-corrected chi connectivity index (χ1v) is 4.79. The van der Waals surface area contributed by atoms with Crippen LogP contribution in [0.4, 0.5) is 10.1 Å². The van der Waals surface area contributed by atoms with E-state index in [0.29, 0.717) is 12.2 Å². The average Bonchev–Trinajstić information content (AvgIpc) is 2.07. The van der Waals surface area contributed by atoms with Gasteiger partial charge in [0, 0.05) is 11.0 Å². The molecule has 0 saturated carbocycles. The van der Waals surface area contributed by atoms with Gasteiger partial charge in [0.1, 0.15) is 0 Å². The zero-order chi connectivity index (χ0) is 9.84. The van der Waals surface area contributed by atoms with Crippen molar-refractivity contribution in [3.63, 3.8) is 0 Å². The van der Waals surface area contributed by atoms with Crippen LogP contribution in [-0.2, 0) is 0 Å². The first-order chi connectivity index (χ1) is 6.11. The van der Waals surface area contributed by atoms with E-state index in [-0.39, 0.29) is 5.02 Å². The topological polar surface area (TPSA) is 12.0 Å². The molecule has 1 N–H and O–H groups in total. The highest BCUT2D eigenvalue weighted by molar-refractivity contribution is 9.11. The molecule has 1 rings (SSSR count). The Hall–Kier alpha value is -0.540. The lowest BCUT2D eigenvalue weighted by Crippen LogP contribution is -2.02. The fraction of sp³-hybridized carbons (Fsp3) is 0.111. The van der Waals surface area contributed by atoms with Crippen LogP contribution in [0.2, 0.25) is 5.02 Å². The highest BCUT2D eigenvalue weighted by Gasteiger charge is 2.04. The normalized spacial score (nSPS) is 9.77. The van der Waals surface area contributed by atoms with Crippen LogP contribution in [0.5, 0.6) is 0 Å². The van der Waals surface area contributed by atoms with Crippen molar-refractivity contribution < 1.29 is 4.39 Å². The fourth-order valence-corrected chi connectivity index (χ4v) is 1.15. The number of benzene rings is 1. The Kier molecular flexibility index (Phi) is 3.75. The van der Waals surface area contributed by atoms with Gasteiger partial charge in [-0.15, -0.1) is 0 Å². The van der Waals surface area contributed by atoms with Gasteiger partial charge in [0.15, 0.2) is 5.82 Å². The SMILES string of the molecule is C=C(Br)CNc1cccc(Cl)c1F. The Morgan fingerprint density at radius 1 is 1.62 bits per heavy atom. The van der Waals surface area contributed by atoms with E-state index in [9.17, 15) is 4.39 Å². The van der Waals surface area contributed by atoms with Crippen molar-refractivity contribution in [2.45, 2.75) is 0 Å². The minimum Gasteiger partial charge on any atom is -0.378 e. The van der Waals surface area contributed by atoms with Crippen LogP contribution in [0.1, 0.15) is 0 Å². The van der Waals surface area contributed by atoms with Gasteiger partial charge < -0.3 is 5.32 Å².